The zero-order valence-electron chi connectivity index (χ0n) is 17.8. The molecule has 170 valence electrons. The van der Waals surface area contributed by atoms with Gasteiger partial charge in [-0.15, -0.1) is 12.4 Å². The molecule has 1 atom stereocenters. The van der Waals surface area contributed by atoms with Crippen molar-refractivity contribution in [2.24, 2.45) is 5.73 Å². The molecule has 2 rings (SSSR count). The van der Waals surface area contributed by atoms with Gasteiger partial charge in [-0.05, 0) is 42.2 Å². The number of methoxy groups -OCH3 is 3. The normalized spacial score (nSPS) is 11.0. The number of amides is 1. The minimum absolute atomic E-state index is 0. The van der Waals surface area contributed by atoms with Gasteiger partial charge in [0, 0.05) is 17.9 Å². The number of rotatable bonds is 10. The van der Waals surface area contributed by atoms with E-state index >= 15 is 0 Å². The lowest BCUT2D eigenvalue weighted by Crippen LogP contribution is -2.43. The Balaban J connectivity index is 0.00000480. The van der Waals surface area contributed by atoms with E-state index in [0.29, 0.717) is 40.9 Å². The first-order chi connectivity index (χ1) is 14.5. The number of nitrogens with two attached hydrogens (primary N) is 1. The van der Waals surface area contributed by atoms with Gasteiger partial charge in [-0.3, -0.25) is 4.79 Å². The monoisotopic (exact) mass is 470 g/mol. The van der Waals surface area contributed by atoms with Crippen LogP contribution in [-0.2, 0) is 16.1 Å². The van der Waals surface area contributed by atoms with Crippen molar-refractivity contribution in [3.8, 4) is 23.0 Å². The van der Waals surface area contributed by atoms with E-state index in [9.17, 15) is 9.59 Å². The van der Waals surface area contributed by atoms with Gasteiger partial charge in [0.15, 0.2) is 23.0 Å². The quantitative estimate of drug-likeness (QED) is 0.510. The second kappa shape index (κ2) is 12.9. The highest BCUT2D eigenvalue weighted by Crippen LogP contribution is 2.37. The molecular weight excluding hydrogens is 444 g/mol. The highest BCUT2D eigenvalue weighted by Gasteiger charge is 2.22. The third-order valence-corrected chi connectivity index (χ3v) is 4.90. The standard InChI is InChI=1S/C21H26N2O6S.ClH/c1-26-18-9-13(11-22)5-7-16(18)29-17-8-6-14(10-19(17)27-2)20(24)23-15(12-30-4)21(25)28-3;/h5-10,15H,11-12,22H2,1-4H3,(H,23,24);1H/t15-;/m0./s1. The molecule has 1 amide bonds. The predicted molar refractivity (Wildman–Crippen MR) is 123 cm³/mol. The van der Waals surface area contributed by atoms with Gasteiger partial charge in [-0.25, -0.2) is 4.79 Å². The van der Waals surface area contributed by atoms with Crippen LogP contribution in [0.25, 0.3) is 0 Å². The number of halogens is 1. The van der Waals surface area contributed by atoms with Crippen molar-refractivity contribution in [2.75, 3.05) is 33.3 Å². The first-order valence-corrected chi connectivity index (χ1v) is 10.5. The van der Waals surface area contributed by atoms with Crippen molar-refractivity contribution in [3.63, 3.8) is 0 Å². The molecule has 0 aliphatic rings. The van der Waals surface area contributed by atoms with Crippen molar-refractivity contribution < 1.29 is 28.5 Å². The number of nitrogens with one attached hydrogen (secondary N) is 1. The zero-order chi connectivity index (χ0) is 22.1. The van der Waals surface area contributed by atoms with Crippen LogP contribution in [0, 0.1) is 0 Å². The van der Waals surface area contributed by atoms with Gasteiger partial charge in [0.25, 0.3) is 5.91 Å². The van der Waals surface area contributed by atoms with Crippen LogP contribution < -0.4 is 25.3 Å². The Morgan fingerprint density at radius 2 is 1.61 bits per heavy atom. The van der Waals surface area contributed by atoms with Crippen LogP contribution in [0.2, 0.25) is 0 Å². The van der Waals surface area contributed by atoms with E-state index < -0.39 is 17.9 Å². The summed E-state index contributed by atoms with van der Waals surface area (Å²) >= 11 is 1.43. The van der Waals surface area contributed by atoms with Crippen molar-refractivity contribution in [1.82, 2.24) is 5.32 Å². The Hall–Kier alpha value is -2.62. The first kappa shape index (κ1) is 26.4. The SMILES string of the molecule is COC(=O)[C@H](CSC)NC(=O)c1ccc(Oc2ccc(CN)cc2OC)c(OC)c1.Cl. The number of esters is 1. The summed E-state index contributed by atoms with van der Waals surface area (Å²) in [5, 5.41) is 2.67. The third kappa shape index (κ3) is 6.95. The van der Waals surface area contributed by atoms with Crippen molar-refractivity contribution in [1.29, 1.82) is 0 Å². The lowest BCUT2D eigenvalue weighted by atomic mass is 10.1. The number of ether oxygens (including phenoxy) is 4. The maximum atomic E-state index is 12.6. The van der Waals surface area contributed by atoms with Gasteiger partial charge in [-0.1, -0.05) is 6.07 Å². The number of carbonyl (C=O) groups is 2. The molecule has 0 aliphatic heterocycles. The molecule has 0 aromatic heterocycles. The fraction of sp³-hybridized carbons (Fsp3) is 0.333. The minimum Gasteiger partial charge on any atom is -0.493 e. The van der Waals surface area contributed by atoms with E-state index in [1.165, 1.54) is 26.0 Å². The molecule has 2 aromatic rings. The second-order valence-electron chi connectivity index (χ2n) is 6.16. The highest BCUT2D eigenvalue weighted by atomic mass is 35.5. The summed E-state index contributed by atoms with van der Waals surface area (Å²) in [6.45, 7) is 0.382. The molecule has 2 aromatic carbocycles. The molecule has 0 spiro atoms. The van der Waals surface area contributed by atoms with Crippen LogP contribution in [0.5, 0.6) is 23.0 Å². The van der Waals surface area contributed by atoms with Crippen LogP contribution >= 0.6 is 24.2 Å². The maximum Gasteiger partial charge on any atom is 0.329 e. The van der Waals surface area contributed by atoms with Crippen LogP contribution in [0.3, 0.4) is 0 Å². The van der Waals surface area contributed by atoms with Gasteiger partial charge in [-0.2, -0.15) is 11.8 Å². The van der Waals surface area contributed by atoms with Crippen LogP contribution in [0.4, 0.5) is 0 Å². The first-order valence-electron chi connectivity index (χ1n) is 9.07. The molecular formula is C21H27ClN2O6S. The highest BCUT2D eigenvalue weighted by molar-refractivity contribution is 7.98. The molecule has 0 fully saturated rings. The molecule has 3 N–H and O–H groups in total. The number of carbonyl (C=O) groups excluding carboxylic acids is 2. The number of hydrogen-bond acceptors (Lipinski definition) is 8. The summed E-state index contributed by atoms with van der Waals surface area (Å²) in [4.78, 5) is 24.4. The molecule has 0 unspecified atom stereocenters. The Labute approximate surface area is 192 Å². The molecule has 10 heteroatoms. The van der Waals surface area contributed by atoms with Gasteiger partial charge in [0.05, 0.1) is 21.3 Å². The molecule has 8 nitrogen and oxygen atoms in total. The van der Waals surface area contributed by atoms with Crippen LogP contribution in [0.15, 0.2) is 36.4 Å². The number of benzene rings is 2. The second-order valence-corrected chi connectivity index (χ2v) is 7.07. The van der Waals surface area contributed by atoms with Crippen molar-refractivity contribution >= 4 is 36.0 Å². The summed E-state index contributed by atoms with van der Waals surface area (Å²) in [6, 6.07) is 9.38. The zero-order valence-corrected chi connectivity index (χ0v) is 19.4. The summed E-state index contributed by atoms with van der Waals surface area (Å²) in [5.74, 6) is 1.24. The average Bonchev–Trinajstić information content (AvgIpc) is 2.78. The van der Waals surface area contributed by atoms with E-state index in [1.54, 1.807) is 37.4 Å². The van der Waals surface area contributed by atoms with E-state index in [1.807, 2.05) is 12.3 Å². The van der Waals surface area contributed by atoms with Gasteiger partial charge in [0.1, 0.15) is 6.04 Å². The molecule has 0 aliphatic carbocycles. The predicted octanol–water partition coefficient (Wildman–Crippen LogP) is 3.01. The smallest absolute Gasteiger partial charge is 0.329 e. The summed E-state index contributed by atoms with van der Waals surface area (Å²) in [6.07, 6.45) is 1.84. The van der Waals surface area contributed by atoms with Crippen LogP contribution in [-0.4, -0.2) is 51.3 Å². The van der Waals surface area contributed by atoms with E-state index in [2.05, 4.69) is 5.32 Å². The largest absolute Gasteiger partial charge is 0.493 e. The molecule has 0 radical (unpaired) electrons. The summed E-state index contributed by atoms with van der Waals surface area (Å²) in [5.41, 5.74) is 6.89. The summed E-state index contributed by atoms with van der Waals surface area (Å²) in [7, 11) is 4.30. The molecule has 31 heavy (non-hydrogen) atoms. The average molecular weight is 471 g/mol. The molecule has 0 saturated heterocycles. The van der Waals surface area contributed by atoms with E-state index in [4.69, 9.17) is 24.7 Å². The van der Waals surface area contributed by atoms with E-state index in [0.717, 1.165) is 5.56 Å². The third-order valence-electron chi connectivity index (χ3n) is 4.23. The fourth-order valence-corrected chi connectivity index (χ4v) is 3.21. The number of hydrogen-bond donors (Lipinski definition) is 2. The van der Waals surface area contributed by atoms with Gasteiger partial charge >= 0.3 is 5.97 Å². The van der Waals surface area contributed by atoms with E-state index in [-0.39, 0.29) is 12.4 Å². The van der Waals surface area contributed by atoms with Gasteiger partial charge in [0.2, 0.25) is 0 Å². The maximum absolute atomic E-state index is 12.6. The van der Waals surface area contributed by atoms with Crippen LogP contribution in [0.1, 0.15) is 15.9 Å². The molecule has 0 saturated carbocycles. The summed E-state index contributed by atoms with van der Waals surface area (Å²) < 4.78 is 21.4. The van der Waals surface area contributed by atoms with Crippen molar-refractivity contribution in [2.45, 2.75) is 12.6 Å². The van der Waals surface area contributed by atoms with Gasteiger partial charge < -0.3 is 30.0 Å². The molecule has 0 heterocycles. The Kier molecular flexibility index (Phi) is 11.0. The van der Waals surface area contributed by atoms with Crippen molar-refractivity contribution in [3.05, 3.63) is 47.5 Å². The fourth-order valence-electron chi connectivity index (χ4n) is 2.65. The minimum atomic E-state index is -0.746. The Morgan fingerprint density at radius 3 is 2.16 bits per heavy atom. The Morgan fingerprint density at radius 1 is 1.00 bits per heavy atom. The topological polar surface area (TPSA) is 109 Å². The lowest BCUT2D eigenvalue weighted by Gasteiger charge is -2.17. The number of thioether (sulfide) groups is 1. The lowest BCUT2D eigenvalue weighted by molar-refractivity contribution is -0.142. The Bertz CT molecular complexity index is 896. The molecule has 0 bridgehead atoms.